The van der Waals surface area contributed by atoms with Crippen molar-refractivity contribution in [1.82, 2.24) is 9.97 Å². The van der Waals surface area contributed by atoms with Crippen LogP contribution in [0.25, 0.3) is 11.0 Å². The lowest BCUT2D eigenvalue weighted by molar-refractivity contribution is 0.0978. The molecule has 94 valence electrons. The van der Waals surface area contributed by atoms with Crippen molar-refractivity contribution >= 4 is 16.8 Å². The normalized spacial score (nSPS) is 11.1. The minimum absolute atomic E-state index is 0.197. The van der Waals surface area contributed by atoms with Crippen LogP contribution in [0.4, 0.5) is 0 Å². The molecule has 0 bridgehead atoms. The summed E-state index contributed by atoms with van der Waals surface area (Å²) in [6.07, 6.45) is 5.97. The standard InChI is InChI=1S/C15H18N2O/c1-11(2)4-3-5-15(18)12-6-7-13-14(10-12)17-9-8-16-13/h6-11H,3-5H2,1-2H3. The Morgan fingerprint density at radius 2 is 1.89 bits per heavy atom. The number of aromatic nitrogens is 2. The molecule has 0 aliphatic carbocycles. The molecule has 2 aromatic rings. The number of nitrogens with zero attached hydrogens (tertiary/aromatic N) is 2. The summed E-state index contributed by atoms with van der Waals surface area (Å²) in [5.74, 6) is 0.850. The zero-order chi connectivity index (χ0) is 13.0. The quantitative estimate of drug-likeness (QED) is 0.752. The first-order chi connectivity index (χ1) is 8.66. The van der Waals surface area contributed by atoms with Gasteiger partial charge in [-0.05, 0) is 30.5 Å². The van der Waals surface area contributed by atoms with E-state index in [0.717, 1.165) is 29.4 Å². The second-order valence-corrected chi connectivity index (χ2v) is 4.97. The molecular weight excluding hydrogens is 224 g/mol. The van der Waals surface area contributed by atoms with Crippen LogP contribution in [0.1, 0.15) is 43.5 Å². The number of hydrogen-bond acceptors (Lipinski definition) is 3. The van der Waals surface area contributed by atoms with Gasteiger partial charge in [0.05, 0.1) is 11.0 Å². The highest BCUT2D eigenvalue weighted by molar-refractivity contribution is 5.98. The predicted octanol–water partition coefficient (Wildman–Crippen LogP) is 3.64. The third-order valence-electron chi connectivity index (χ3n) is 2.98. The molecule has 3 nitrogen and oxygen atoms in total. The largest absolute Gasteiger partial charge is 0.294 e. The van der Waals surface area contributed by atoms with Crippen molar-refractivity contribution in [2.75, 3.05) is 0 Å². The van der Waals surface area contributed by atoms with Crippen molar-refractivity contribution in [1.29, 1.82) is 0 Å². The Labute approximate surface area is 107 Å². The van der Waals surface area contributed by atoms with Crippen LogP contribution in [0.2, 0.25) is 0 Å². The monoisotopic (exact) mass is 242 g/mol. The van der Waals surface area contributed by atoms with Crippen LogP contribution < -0.4 is 0 Å². The molecule has 0 fully saturated rings. The zero-order valence-corrected chi connectivity index (χ0v) is 10.9. The number of carbonyl (C=O) groups is 1. The molecule has 0 saturated heterocycles. The van der Waals surface area contributed by atoms with Crippen molar-refractivity contribution < 1.29 is 4.79 Å². The topological polar surface area (TPSA) is 42.9 Å². The molecule has 2 rings (SSSR count). The lowest BCUT2D eigenvalue weighted by atomic mass is 10.0. The maximum absolute atomic E-state index is 12.0. The van der Waals surface area contributed by atoms with E-state index in [-0.39, 0.29) is 5.78 Å². The van der Waals surface area contributed by atoms with E-state index < -0.39 is 0 Å². The van der Waals surface area contributed by atoms with Crippen LogP contribution in [0.15, 0.2) is 30.6 Å². The van der Waals surface area contributed by atoms with Gasteiger partial charge in [-0.2, -0.15) is 0 Å². The second-order valence-electron chi connectivity index (χ2n) is 4.97. The van der Waals surface area contributed by atoms with Gasteiger partial charge in [0.15, 0.2) is 5.78 Å². The van der Waals surface area contributed by atoms with Gasteiger partial charge >= 0.3 is 0 Å². The van der Waals surface area contributed by atoms with Gasteiger partial charge in [0, 0.05) is 24.4 Å². The minimum Gasteiger partial charge on any atom is -0.294 e. The van der Waals surface area contributed by atoms with Crippen molar-refractivity contribution in [2.45, 2.75) is 33.1 Å². The molecule has 1 aromatic carbocycles. The van der Waals surface area contributed by atoms with Gasteiger partial charge in [-0.15, -0.1) is 0 Å². The highest BCUT2D eigenvalue weighted by Gasteiger charge is 2.07. The van der Waals surface area contributed by atoms with Crippen LogP contribution in [0, 0.1) is 5.92 Å². The van der Waals surface area contributed by atoms with E-state index in [1.807, 2.05) is 18.2 Å². The highest BCUT2D eigenvalue weighted by Crippen LogP contribution is 2.15. The van der Waals surface area contributed by atoms with E-state index in [1.54, 1.807) is 12.4 Å². The Morgan fingerprint density at radius 1 is 1.17 bits per heavy atom. The first-order valence-electron chi connectivity index (χ1n) is 6.41. The number of carbonyl (C=O) groups excluding carboxylic acids is 1. The van der Waals surface area contributed by atoms with Crippen LogP contribution in [-0.4, -0.2) is 15.8 Å². The summed E-state index contributed by atoms with van der Waals surface area (Å²) in [5.41, 5.74) is 2.36. The van der Waals surface area contributed by atoms with Gasteiger partial charge < -0.3 is 0 Å². The first kappa shape index (κ1) is 12.7. The van der Waals surface area contributed by atoms with Gasteiger partial charge in [-0.25, -0.2) is 0 Å². The van der Waals surface area contributed by atoms with E-state index in [4.69, 9.17) is 0 Å². The highest BCUT2D eigenvalue weighted by atomic mass is 16.1. The SMILES string of the molecule is CC(C)CCCC(=O)c1ccc2nccnc2c1. The minimum atomic E-state index is 0.197. The summed E-state index contributed by atoms with van der Waals surface area (Å²) in [6, 6.07) is 5.53. The lowest BCUT2D eigenvalue weighted by Crippen LogP contribution is -2.00. The Bertz CT molecular complexity index is 549. The average molecular weight is 242 g/mol. The molecule has 0 atom stereocenters. The van der Waals surface area contributed by atoms with Crippen LogP contribution in [0.5, 0.6) is 0 Å². The molecule has 0 spiro atoms. The maximum atomic E-state index is 12.0. The molecule has 0 unspecified atom stereocenters. The molecule has 0 amide bonds. The summed E-state index contributed by atoms with van der Waals surface area (Å²) >= 11 is 0. The number of ketones is 1. The molecule has 1 aromatic heterocycles. The van der Waals surface area contributed by atoms with Crippen LogP contribution >= 0.6 is 0 Å². The molecule has 0 aliphatic heterocycles. The van der Waals surface area contributed by atoms with Crippen molar-refractivity contribution in [2.24, 2.45) is 5.92 Å². The number of rotatable bonds is 5. The number of hydrogen-bond donors (Lipinski definition) is 0. The predicted molar refractivity (Wildman–Crippen MR) is 72.6 cm³/mol. The maximum Gasteiger partial charge on any atom is 0.162 e. The van der Waals surface area contributed by atoms with E-state index in [9.17, 15) is 4.79 Å². The smallest absolute Gasteiger partial charge is 0.162 e. The third-order valence-corrected chi connectivity index (χ3v) is 2.98. The van der Waals surface area contributed by atoms with E-state index in [2.05, 4.69) is 23.8 Å². The Hall–Kier alpha value is -1.77. The number of Topliss-reactive ketones (excluding diaryl/α,β-unsaturated/α-hetero) is 1. The van der Waals surface area contributed by atoms with E-state index >= 15 is 0 Å². The van der Waals surface area contributed by atoms with Crippen LogP contribution in [0.3, 0.4) is 0 Å². The third kappa shape index (κ3) is 3.13. The van der Waals surface area contributed by atoms with Gasteiger partial charge in [0.2, 0.25) is 0 Å². The molecule has 1 heterocycles. The lowest BCUT2D eigenvalue weighted by Gasteiger charge is -2.04. The molecule has 0 saturated carbocycles. The Morgan fingerprint density at radius 3 is 2.61 bits per heavy atom. The molecule has 0 N–H and O–H groups in total. The first-order valence-corrected chi connectivity index (χ1v) is 6.41. The Balaban J connectivity index is 2.08. The second kappa shape index (κ2) is 5.71. The van der Waals surface area contributed by atoms with Gasteiger partial charge in [0.1, 0.15) is 0 Å². The summed E-state index contributed by atoms with van der Waals surface area (Å²) in [4.78, 5) is 20.4. The number of benzene rings is 1. The van der Waals surface area contributed by atoms with Gasteiger partial charge in [-0.1, -0.05) is 20.3 Å². The summed E-state index contributed by atoms with van der Waals surface area (Å²) in [5, 5.41) is 0. The van der Waals surface area contributed by atoms with Gasteiger partial charge in [-0.3, -0.25) is 14.8 Å². The van der Waals surface area contributed by atoms with Crippen LogP contribution in [-0.2, 0) is 0 Å². The molecule has 18 heavy (non-hydrogen) atoms. The zero-order valence-electron chi connectivity index (χ0n) is 10.9. The fraction of sp³-hybridized carbons (Fsp3) is 0.400. The van der Waals surface area contributed by atoms with Crippen molar-refractivity contribution in [3.63, 3.8) is 0 Å². The molecule has 3 heteroatoms. The average Bonchev–Trinajstić information content (AvgIpc) is 2.37. The molecule has 0 radical (unpaired) electrons. The van der Waals surface area contributed by atoms with E-state index in [1.165, 1.54) is 0 Å². The van der Waals surface area contributed by atoms with E-state index in [0.29, 0.717) is 12.3 Å². The number of fused-ring (bicyclic) bond motifs is 1. The van der Waals surface area contributed by atoms with Crippen molar-refractivity contribution in [3.05, 3.63) is 36.2 Å². The Kier molecular flexibility index (Phi) is 4.03. The fourth-order valence-electron chi connectivity index (χ4n) is 1.95. The summed E-state index contributed by atoms with van der Waals surface area (Å²) in [6.45, 7) is 4.35. The summed E-state index contributed by atoms with van der Waals surface area (Å²) in [7, 11) is 0. The fourth-order valence-corrected chi connectivity index (χ4v) is 1.95. The molecule has 0 aliphatic rings. The van der Waals surface area contributed by atoms with Gasteiger partial charge in [0.25, 0.3) is 0 Å². The molecular formula is C15H18N2O. The van der Waals surface area contributed by atoms with Crippen molar-refractivity contribution in [3.8, 4) is 0 Å². The summed E-state index contributed by atoms with van der Waals surface area (Å²) < 4.78 is 0.